The predicted molar refractivity (Wildman–Crippen MR) is 164 cm³/mol. The number of nitrogens with zero attached hydrogens (tertiary/aromatic N) is 1. The van der Waals surface area contributed by atoms with Gasteiger partial charge in [0.15, 0.2) is 0 Å². The zero-order valence-electron chi connectivity index (χ0n) is 21.9. The van der Waals surface area contributed by atoms with Gasteiger partial charge in [0.05, 0.1) is 0 Å². The number of likely N-dealkylation sites (tertiary alicyclic amines) is 1. The summed E-state index contributed by atoms with van der Waals surface area (Å²) in [7, 11) is 2.15. The van der Waals surface area contributed by atoms with Gasteiger partial charge in [-0.1, -0.05) is 47.5 Å². The molecule has 5 nitrogen and oxygen atoms in total. The Hall–Kier alpha value is -3.35. The number of carbonyl (C=O) groups excluding carboxylic acids is 2. The van der Waals surface area contributed by atoms with Crippen LogP contribution in [-0.4, -0.2) is 42.3 Å². The molecule has 1 heterocycles. The van der Waals surface area contributed by atoms with Crippen LogP contribution in [0.1, 0.15) is 33.6 Å². The van der Waals surface area contributed by atoms with E-state index in [2.05, 4.69) is 29.4 Å². The molecule has 0 saturated carbocycles. The van der Waals surface area contributed by atoms with Crippen molar-refractivity contribution in [3.63, 3.8) is 0 Å². The predicted octanol–water partition coefficient (Wildman–Crippen LogP) is 8.45. The number of halogens is 3. The first-order valence-corrected chi connectivity index (χ1v) is 14.0. The molecule has 1 aliphatic heterocycles. The van der Waals surface area contributed by atoms with Gasteiger partial charge in [0.1, 0.15) is 11.9 Å². The molecule has 0 radical (unpaired) electrons. The summed E-state index contributed by atoms with van der Waals surface area (Å²) in [5.74, 6) is 0.742. The zero-order chi connectivity index (χ0) is 28.5. The number of carbonyl (C=O) groups is 2. The maximum Gasteiger partial charge on any atom is 0.255 e. The third-order valence-electron chi connectivity index (χ3n) is 6.45. The van der Waals surface area contributed by atoms with Crippen LogP contribution in [-0.2, 0) is 0 Å². The molecule has 5 rings (SSSR count). The molecule has 8 heteroatoms. The van der Waals surface area contributed by atoms with Crippen molar-refractivity contribution in [1.29, 1.82) is 0 Å². The van der Waals surface area contributed by atoms with Gasteiger partial charge in [-0.3, -0.25) is 9.59 Å². The average molecular weight is 596 g/mol. The highest BCUT2D eigenvalue weighted by Crippen LogP contribution is 2.26. The molecule has 0 aliphatic carbocycles. The van der Waals surface area contributed by atoms with E-state index in [9.17, 15) is 9.59 Å². The molecule has 0 unspecified atom stereocenters. The van der Waals surface area contributed by atoms with E-state index < -0.39 is 5.24 Å². The summed E-state index contributed by atoms with van der Waals surface area (Å²) in [6, 6.07) is 29.2. The fourth-order valence-electron chi connectivity index (χ4n) is 4.18. The van der Waals surface area contributed by atoms with Crippen molar-refractivity contribution in [2.24, 2.45) is 0 Å². The SMILES string of the molecule is CN1CCC(Oc2ccc(-c3cccc(NC(=O)c4ccc(Cl)cc4)c3)cc2)CC1.O=C(Cl)c1ccc(Cl)cc1. The first kappa shape index (κ1) is 29.6. The van der Waals surface area contributed by atoms with E-state index in [0.717, 1.165) is 48.5 Å². The molecular weight excluding hydrogens is 567 g/mol. The molecule has 4 aromatic rings. The summed E-state index contributed by atoms with van der Waals surface area (Å²) in [4.78, 5) is 25.3. The molecule has 0 bridgehead atoms. The molecule has 1 saturated heterocycles. The fraction of sp³-hybridized carbons (Fsp3) is 0.188. The number of ether oxygens (including phenoxy) is 1. The van der Waals surface area contributed by atoms with Gasteiger partial charge >= 0.3 is 0 Å². The molecule has 1 amide bonds. The third kappa shape index (κ3) is 8.83. The van der Waals surface area contributed by atoms with Crippen LogP contribution in [0.15, 0.2) is 97.1 Å². The second-order valence-electron chi connectivity index (χ2n) is 9.47. The summed E-state index contributed by atoms with van der Waals surface area (Å²) in [6.07, 6.45) is 2.42. The Morgan fingerprint density at radius 3 is 1.93 bits per heavy atom. The summed E-state index contributed by atoms with van der Waals surface area (Å²) in [6.45, 7) is 2.16. The summed E-state index contributed by atoms with van der Waals surface area (Å²) < 4.78 is 6.14. The van der Waals surface area contributed by atoms with Gasteiger partial charge in [-0.25, -0.2) is 0 Å². The average Bonchev–Trinajstić information content (AvgIpc) is 2.96. The van der Waals surface area contributed by atoms with Gasteiger partial charge in [0.2, 0.25) is 0 Å². The molecule has 1 aliphatic rings. The Labute approximate surface area is 249 Å². The van der Waals surface area contributed by atoms with Crippen molar-refractivity contribution in [3.8, 4) is 16.9 Å². The van der Waals surface area contributed by atoms with Crippen molar-refractivity contribution in [2.75, 3.05) is 25.5 Å². The van der Waals surface area contributed by atoms with E-state index in [1.54, 1.807) is 48.5 Å². The van der Waals surface area contributed by atoms with Crippen molar-refractivity contribution in [1.82, 2.24) is 4.90 Å². The maximum absolute atomic E-state index is 12.5. The number of nitrogens with one attached hydrogen (secondary N) is 1. The van der Waals surface area contributed by atoms with E-state index in [1.807, 2.05) is 36.4 Å². The number of amides is 1. The molecular formula is C32H29Cl3N2O3. The number of piperidine rings is 1. The molecule has 0 aromatic heterocycles. The molecule has 0 atom stereocenters. The van der Waals surface area contributed by atoms with Crippen LogP contribution in [0, 0.1) is 0 Å². The van der Waals surface area contributed by atoms with Crippen LogP contribution in [0.2, 0.25) is 10.0 Å². The zero-order valence-corrected chi connectivity index (χ0v) is 24.2. The normalized spacial score (nSPS) is 13.6. The molecule has 206 valence electrons. The van der Waals surface area contributed by atoms with Crippen molar-refractivity contribution >= 4 is 51.6 Å². The van der Waals surface area contributed by atoms with E-state index in [1.165, 1.54) is 0 Å². The second kappa shape index (κ2) is 14.3. The Morgan fingerprint density at radius 2 is 1.35 bits per heavy atom. The highest BCUT2D eigenvalue weighted by atomic mass is 35.5. The van der Waals surface area contributed by atoms with E-state index in [4.69, 9.17) is 39.5 Å². The molecule has 0 spiro atoms. The monoisotopic (exact) mass is 594 g/mol. The van der Waals surface area contributed by atoms with Gasteiger partial charge in [-0.2, -0.15) is 0 Å². The highest BCUT2D eigenvalue weighted by molar-refractivity contribution is 6.67. The Bertz CT molecular complexity index is 1420. The van der Waals surface area contributed by atoms with Crippen LogP contribution >= 0.6 is 34.8 Å². The highest BCUT2D eigenvalue weighted by Gasteiger charge is 2.18. The lowest BCUT2D eigenvalue weighted by atomic mass is 10.0. The minimum Gasteiger partial charge on any atom is -0.490 e. The van der Waals surface area contributed by atoms with Crippen LogP contribution in [0.4, 0.5) is 5.69 Å². The number of anilines is 1. The van der Waals surface area contributed by atoms with E-state index in [0.29, 0.717) is 27.3 Å². The fourth-order valence-corrected chi connectivity index (χ4v) is 4.56. The van der Waals surface area contributed by atoms with Crippen molar-refractivity contribution < 1.29 is 14.3 Å². The van der Waals surface area contributed by atoms with Gasteiger partial charge in [0, 0.05) is 39.9 Å². The topological polar surface area (TPSA) is 58.6 Å². The first-order chi connectivity index (χ1) is 19.3. The summed E-state index contributed by atoms with van der Waals surface area (Å²) in [5, 5.41) is 3.69. The smallest absolute Gasteiger partial charge is 0.255 e. The van der Waals surface area contributed by atoms with Gasteiger partial charge < -0.3 is 15.0 Å². The number of rotatable bonds is 6. The third-order valence-corrected chi connectivity index (χ3v) is 7.18. The van der Waals surface area contributed by atoms with Crippen LogP contribution < -0.4 is 10.1 Å². The van der Waals surface area contributed by atoms with Crippen LogP contribution in [0.3, 0.4) is 0 Å². The minimum atomic E-state index is -0.461. The quantitative estimate of drug-likeness (QED) is 0.227. The molecule has 1 fully saturated rings. The van der Waals surface area contributed by atoms with Crippen molar-refractivity contribution in [3.05, 3.63) is 118 Å². The lowest BCUT2D eigenvalue weighted by molar-refractivity contribution is 0.102. The summed E-state index contributed by atoms with van der Waals surface area (Å²) in [5.41, 5.74) is 3.90. The lowest BCUT2D eigenvalue weighted by Crippen LogP contribution is -2.35. The van der Waals surface area contributed by atoms with Crippen LogP contribution in [0.5, 0.6) is 5.75 Å². The van der Waals surface area contributed by atoms with Crippen molar-refractivity contribution in [2.45, 2.75) is 18.9 Å². The maximum atomic E-state index is 12.5. The summed E-state index contributed by atoms with van der Waals surface area (Å²) >= 11 is 16.6. The lowest BCUT2D eigenvalue weighted by Gasteiger charge is -2.29. The number of hydrogen-bond acceptors (Lipinski definition) is 4. The minimum absolute atomic E-state index is 0.161. The van der Waals surface area contributed by atoms with Gasteiger partial charge in [-0.15, -0.1) is 0 Å². The molecule has 40 heavy (non-hydrogen) atoms. The molecule has 1 N–H and O–H groups in total. The second-order valence-corrected chi connectivity index (χ2v) is 10.7. The Kier molecular flexibility index (Phi) is 10.6. The first-order valence-electron chi connectivity index (χ1n) is 12.8. The van der Waals surface area contributed by atoms with Gasteiger partial charge in [-0.05, 0) is 115 Å². The Balaban J connectivity index is 0.000000312. The molecule has 4 aromatic carbocycles. The van der Waals surface area contributed by atoms with Gasteiger partial charge in [0.25, 0.3) is 11.1 Å². The standard InChI is InChI=1S/C25H25ClN2O2.C7H4Cl2O/c1-28-15-13-24(14-16-28)30-23-11-7-18(8-12-23)20-3-2-4-22(17-20)27-25(29)19-5-9-21(26)10-6-19;8-6-3-1-5(2-4-6)7(9)10/h2-12,17,24H,13-16H2,1H3,(H,27,29);1-4H. The number of benzene rings is 4. The number of hydrogen-bond donors (Lipinski definition) is 1. The van der Waals surface area contributed by atoms with E-state index >= 15 is 0 Å². The van der Waals surface area contributed by atoms with E-state index in [-0.39, 0.29) is 5.91 Å². The largest absolute Gasteiger partial charge is 0.490 e. The van der Waals surface area contributed by atoms with Crippen LogP contribution in [0.25, 0.3) is 11.1 Å². The Morgan fingerprint density at radius 1 is 0.775 bits per heavy atom.